The Bertz CT molecular complexity index is 938. The second kappa shape index (κ2) is 7.21. The highest BCUT2D eigenvalue weighted by molar-refractivity contribution is 5.93. The number of rotatable bonds is 3. The van der Waals surface area contributed by atoms with E-state index in [1.54, 1.807) is 5.57 Å². The van der Waals surface area contributed by atoms with E-state index in [2.05, 4.69) is 50.2 Å². The molecule has 0 aromatic heterocycles. The van der Waals surface area contributed by atoms with Gasteiger partial charge in [0.15, 0.2) is 5.78 Å². The number of aldehydes is 1. The number of carbonyl (C=O) groups excluding carboxylic acids is 2. The molecular weight excluding hydrogens is 370 g/mol. The molecule has 1 aromatic rings. The molecule has 3 nitrogen and oxygen atoms in total. The average Bonchev–Trinajstić information content (AvgIpc) is 3.08. The molecule has 1 aromatic carbocycles. The van der Waals surface area contributed by atoms with Crippen molar-refractivity contribution >= 4 is 17.8 Å². The smallest absolute Gasteiger partial charge is 0.156 e. The summed E-state index contributed by atoms with van der Waals surface area (Å²) in [4.78, 5) is 26.2. The van der Waals surface area contributed by atoms with Crippen LogP contribution in [-0.4, -0.2) is 26.2 Å². The molecule has 0 radical (unpaired) electrons. The van der Waals surface area contributed by atoms with Crippen molar-refractivity contribution in [3.63, 3.8) is 0 Å². The quantitative estimate of drug-likeness (QED) is 0.628. The maximum Gasteiger partial charge on any atom is 0.156 e. The van der Waals surface area contributed by atoms with Crippen molar-refractivity contribution < 1.29 is 9.59 Å². The van der Waals surface area contributed by atoms with Gasteiger partial charge in [0.1, 0.15) is 6.29 Å². The third-order valence-corrected chi connectivity index (χ3v) is 8.78. The van der Waals surface area contributed by atoms with Gasteiger partial charge in [-0.25, -0.2) is 0 Å². The lowest BCUT2D eigenvalue weighted by atomic mass is 9.52. The van der Waals surface area contributed by atoms with Crippen LogP contribution in [0.5, 0.6) is 0 Å². The first-order chi connectivity index (χ1) is 14.4. The van der Waals surface area contributed by atoms with Crippen LogP contribution < -0.4 is 4.90 Å². The zero-order valence-corrected chi connectivity index (χ0v) is 18.5. The number of ketones is 1. The predicted molar refractivity (Wildman–Crippen MR) is 121 cm³/mol. The van der Waals surface area contributed by atoms with Gasteiger partial charge in [-0.1, -0.05) is 24.6 Å². The number of benzene rings is 1. The second-order valence-corrected chi connectivity index (χ2v) is 10.4. The number of fused-ring (bicyclic) bond motifs is 4. The van der Waals surface area contributed by atoms with Crippen LogP contribution in [0.2, 0.25) is 0 Å². The summed E-state index contributed by atoms with van der Waals surface area (Å²) in [6, 6.07) is 9.04. The van der Waals surface area contributed by atoms with E-state index in [4.69, 9.17) is 0 Å². The minimum absolute atomic E-state index is 0.0903. The summed E-state index contributed by atoms with van der Waals surface area (Å²) >= 11 is 0. The molecule has 2 fully saturated rings. The van der Waals surface area contributed by atoms with Gasteiger partial charge in [0.25, 0.3) is 0 Å². The van der Waals surface area contributed by atoms with Crippen molar-refractivity contribution in [2.24, 2.45) is 23.2 Å². The molecule has 0 saturated heterocycles. The highest BCUT2D eigenvalue weighted by Gasteiger charge is 2.56. The lowest BCUT2D eigenvalue weighted by molar-refractivity contribution is -0.116. The highest BCUT2D eigenvalue weighted by atomic mass is 16.1. The zero-order chi connectivity index (χ0) is 21.0. The van der Waals surface area contributed by atoms with Crippen molar-refractivity contribution in [2.75, 3.05) is 19.0 Å². The minimum atomic E-state index is 0.0903. The maximum atomic E-state index is 12.1. The number of carbonyl (C=O) groups is 2. The first-order valence-corrected chi connectivity index (χ1v) is 11.6. The summed E-state index contributed by atoms with van der Waals surface area (Å²) in [7, 11) is 4.15. The Morgan fingerprint density at radius 1 is 1.03 bits per heavy atom. The fraction of sp³-hybridized carbons (Fsp3) is 0.556. The molecule has 0 amide bonds. The molecule has 5 rings (SSSR count). The Labute approximate surface area is 180 Å². The van der Waals surface area contributed by atoms with Crippen LogP contribution in [0.15, 0.2) is 47.1 Å². The van der Waals surface area contributed by atoms with Gasteiger partial charge in [0, 0.05) is 38.0 Å². The monoisotopic (exact) mass is 403 g/mol. The van der Waals surface area contributed by atoms with Gasteiger partial charge in [-0.2, -0.15) is 0 Å². The van der Waals surface area contributed by atoms with Crippen molar-refractivity contribution in [1.82, 2.24) is 0 Å². The minimum Gasteiger partial charge on any atom is -0.378 e. The molecule has 2 saturated carbocycles. The van der Waals surface area contributed by atoms with E-state index in [0.29, 0.717) is 30.0 Å². The number of allylic oxidation sites excluding steroid dienone is 4. The first-order valence-electron chi connectivity index (χ1n) is 11.6. The number of nitrogens with zero attached hydrogens (tertiary/aromatic N) is 1. The summed E-state index contributed by atoms with van der Waals surface area (Å²) in [5.41, 5.74) is 7.10. The molecule has 5 unspecified atom stereocenters. The largest absolute Gasteiger partial charge is 0.378 e. The normalized spacial score (nSPS) is 35.3. The highest BCUT2D eigenvalue weighted by Crippen LogP contribution is 2.65. The molecule has 0 spiro atoms. The standard InChI is InChI=1S/C27H33NO2/c1-27-15-24(17-4-8-20(9-5-17)28(2)3)26-22-12-10-21(30)14-18(22)6-11-23(26)25(27)13-7-19(27)16-29/h4-5,8-9,14,16,19,23-25H,6-7,10-13,15H2,1-3H3. The van der Waals surface area contributed by atoms with Gasteiger partial charge in [0.05, 0.1) is 0 Å². The number of hydrogen-bond acceptors (Lipinski definition) is 3. The molecule has 30 heavy (non-hydrogen) atoms. The van der Waals surface area contributed by atoms with E-state index in [9.17, 15) is 9.59 Å². The Hall–Kier alpha value is -2.16. The lowest BCUT2D eigenvalue weighted by Gasteiger charge is -2.52. The summed E-state index contributed by atoms with van der Waals surface area (Å²) in [5.74, 6) is 2.00. The summed E-state index contributed by atoms with van der Waals surface area (Å²) in [6.07, 6.45) is 10.2. The zero-order valence-electron chi connectivity index (χ0n) is 18.5. The van der Waals surface area contributed by atoms with Crippen molar-refractivity contribution in [2.45, 2.75) is 57.8 Å². The van der Waals surface area contributed by atoms with Crippen LogP contribution in [0, 0.1) is 23.2 Å². The van der Waals surface area contributed by atoms with Gasteiger partial charge in [-0.05, 0) is 90.7 Å². The topological polar surface area (TPSA) is 37.4 Å². The molecule has 3 heteroatoms. The Morgan fingerprint density at radius 2 is 1.80 bits per heavy atom. The summed E-state index contributed by atoms with van der Waals surface area (Å²) in [6.45, 7) is 2.39. The Balaban J connectivity index is 1.65. The van der Waals surface area contributed by atoms with Crippen molar-refractivity contribution in [3.8, 4) is 0 Å². The molecule has 5 atom stereocenters. The predicted octanol–water partition coefficient (Wildman–Crippen LogP) is 5.47. The first kappa shape index (κ1) is 19.8. The molecule has 0 bridgehead atoms. The number of anilines is 1. The van der Waals surface area contributed by atoms with E-state index in [1.807, 2.05) is 6.08 Å². The molecule has 0 aliphatic heterocycles. The van der Waals surface area contributed by atoms with Crippen molar-refractivity contribution in [1.29, 1.82) is 0 Å². The van der Waals surface area contributed by atoms with Crippen LogP contribution >= 0.6 is 0 Å². The lowest BCUT2D eigenvalue weighted by Crippen LogP contribution is -2.43. The maximum absolute atomic E-state index is 12.1. The van der Waals surface area contributed by atoms with E-state index < -0.39 is 0 Å². The van der Waals surface area contributed by atoms with Gasteiger partial charge in [-0.3, -0.25) is 4.79 Å². The fourth-order valence-electron chi connectivity index (χ4n) is 7.22. The molecule has 158 valence electrons. The molecule has 0 N–H and O–H groups in total. The van der Waals surface area contributed by atoms with E-state index in [-0.39, 0.29) is 11.3 Å². The Morgan fingerprint density at radius 3 is 2.50 bits per heavy atom. The van der Waals surface area contributed by atoms with Crippen LogP contribution in [0.4, 0.5) is 5.69 Å². The number of hydrogen-bond donors (Lipinski definition) is 0. The van der Waals surface area contributed by atoms with Gasteiger partial charge < -0.3 is 9.69 Å². The average molecular weight is 404 g/mol. The van der Waals surface area contributed by atoms with E-state index in [1.165, 1.54) is 35.1 Å². The molecular formula is C27H33NO2. The summed E-state index contributed by atoms with van der Waals surface area (Å²) in [5, 5.41) is 0. The van der Waals surface area contributed by atoms with Crippen LogP contribution in [-0.2, 0) is 9.59 Å². The van der Waals surface area contributed by atoms with Crippen molar-refractivity contribution in [3.05, 3.63) is 52.6 Å². The second-order valence-electron chi connectivity index (χ2n) is 10.4. The summed E-state index contributed by atoms with van der Waals surface area (Å²) < 4.78 is 0. The van der Waals surface area contributed by atoms with Crippen LogP contribution in [0.1, 0.15) is 63.4 Å². The molecule has 4 aliphatic carbocycles. The van der Waals surface area contributed by atoms with Gasteiger partial charge >= 0.3 is 0 Å². The molecule has 0 heterocycles. The van der Waals surface area contributed by atoms with Gasteiger partial charge in [-0.15, -0.1) is 0 Å². The van der Waals surface area contributed by atoms with E-state index in [0.717, 1.165) is 32.1 Å². The third-order valence-electron chi connectivity index (χ3n) is 8.78. The third kappa shape index (κ3) is 2.92. The van der Waals surface area contributed by atoms with Crippen LogP contribution in [0.25, 0.3) is 0 Å². The van der Waals surface area contributed by atoms with E-state index >= 15 is 0 Å². The van der Waals surface area contributed by atoms with Crippen LogP contribution in [0.3, 0.4) is 0 Å². The SMILES string of the molecule is CN(C)c1ccc(C2CC3(C)C(C=O)CCC3C3CCC4=CC(=O)CCC4=C23)cc1. The Kier molecular flexibility index (Phi) is 4.76. The fourth-order valence-corrected chi connectivity index (χ4v) is 7.22. The van der Waals surface area contributed by atoms with Gasteiger partial charge in [0.2, 0.25) is 0 Å². The molecule has 4 aliphatic rings.